The molecular formula is C33H36N8O12. The van der Waals surface area contributed by atoms with Crippen molar-refractivity contribution in [3.05, 3.63) is 48.6 Å². The molecule has 4 N–H and O–H groups in total. The van der Waals surface area contributed by atoms with Gasteiger partial charge in [-0.1, -0.05) is 0 Å². The molecule has 0 bridgehead atoms. The summed E-state index contributed by atoms with van der Waals surface area (Å²) in [6.45, 7) is -2.27. The molecule has 0 aliphatic carbocycles. The van der Waals surface area contributed by atoms with Crippen LogP contribution in [0.3, 0.4) is 0 Å². The van der Waals surface area contributed by atoms with E-state index in [0.29, 0.717) is 0 Å². The zero-order chi connectivity index (χ0) is 38.7. The molecule has 0 aromatic heterocycles. The number of carbonyl (C=O) groups excluding carboxylic acids is 12. The summed E-state index contributed by atoms with van der Waals surface area (Å²) in [4.78, 5) is 151. The van der Waals surface area contributed by atoms with Gasteiger partial charge in [0, 0.05) is 132 Å². The van der Waals surface area contributed by atoms with Crippen molar-refractivity contribution in [2.24, 2.45) is 5.41 Å². The van der Waals surface area contributed by atoms with Crippen molar-refractivity contribution in [1.29, 1.82) is 0 Å². The molecule has 0 aromatic carbocycles. The highest BCUT2D eigenvalue weighted by Crippen LogP contribution is 2.16. The third-order valence-electron chi connectivity index (χ3n) is 8.49. The van der Waals surface area contributed by atoms with E-state index in [0.717, 1.165) is 68.2 Å². The van der Waals surface area contributed by atoms with E-state index in [4.69, 9.17) is 0 Å². The highest BCUT2D eigenvalue weighted by Gasteiger charge is 2.34. The molecule has 0 spiro atoms. The minimum Gasteiger partial charge on any atom is -0.355 e. The third-order valence-corrected chi connectivity index (χ3v) is 8.49. The lowest BCUT2D eigenvalue weighted by molar-refractivity contribution is -0.139. The van der Waals surface area contributed by atoms with Crippen LogP contribution >= 0.6 is 0 Å². The molecule has 0 fully saturated rings. The molecule has 280 valence electrons. The lowest BCUT2D eigenvalue weighted by Gasteiger charge is -2.35. The van der Waals surface area contributed by atoms with Crippen molar-refractivity contribution in [2.45, 2.75) is 25.7 Å². The van der Waals surface area contributed by atoms with Crippen molar-refractivity contribution >= 4 is 70.9 Å². The summed E-state index contributed by atoms with van der Waals surface area (Å²) in [6, 6.07) is 0. The summed E-state index contributed by atoms with van der Waals surface area (Å²) >= 11 is 0. The highest BCUT2D eigenvalue weighted by molar-refractivity contribution is 6.14. The third kappa shape index (κ3) is 10.7. The van der Waals surface area contributed by atoms with Crippen LogP contribution in [0.5, 0.6) is 0 Å². The van der Waals surface area contributed by atoms with E-state index in [-0.39, 0.29) is 78.0 Å². The van der Waals surface area contributed by atoms with Crippen molar-refractivity contribution in [3.63, 3.8) is 0 Å². The van der Waals surface area contributed by atoms with Crippen molar-refractivity contribution in [2.75, 3.05) is 52.4 Å². The Morgan fingerprint density at radius 3 is 0.698 bits per heavy atom. The first-order valence-corrected chi connectivity index (χ1v) is 16.4. The molecule has 0 unspecified atom stereocenters. The SMILES string of the molecule is O=C(CCN1C(=O)C=CC1=O)NCC(CNC(=O)CCN1C(=O)C=CC1=O)(CNC(=O)CCN1C(=O)C=CC1=O)CNC(=O)CCN1C(=O)C=CC1=O. The number of carbonyl (C=O) groups is 12. The second-order valence-corrected chi connectivity index (χ2v) is 12.3. The molecule has 0 atom stereocenters. The van der Waals surface area contributed by atoms with E-state index in [9.17, 15) is 57.5 Å². The monoisotopic (exact) mass is 736 g/mol. The van der Waals surface area contributed by atoms with E-state index in [1.54, 1.807) is 0 Å². The van der Waals surface area contributed by atoms with E-state index < -0.39 is 76.3 Å². The Morgan fingerprint density at radius 2 is 0.528 bits per heavy atom. The Morgan fingerprint density at radius 1 is 0.358 bits per heavy atom. The fourth-order valence-electron chi connectivity index (χ4n) is 5.33. The van der Waals surface area contributed by atoms with Crippen LogP contribution in [0.1, 0.15) is 25.7 Å². The molecule has 4 aliphatic rings. The van der Waals surface area contributed by atoms with E-state index in [1.807, 2.05) is 0 Å². The van der Waals surface area contributed by atoms with Crippen LogP contribution in [0.2, 0.25) is 0 Å². The van der Waals surface area contributed by atoms with E-state index in [2.05, 4.69) is 21.3 Å². The van der Waals surface area contributed by atoms with Gasteiger partial charge in [0.2, 0.25) is 23.6 Å². The van der Waals surface area contributed by atoms with Gasteiger partial charge >= 0.3 is 0 Å². The Bertz CT molecular complexity index is 1440. The maximum atomic E-state index is 12.9. The fraction of sp³-hybridized carbons (Fsp3) is 0.394. The Hall–Kier alpha value is -6.60. The first-order valence-electron chi connectivity index (χ1n) is 16.4. The minimum absolute atomic E-state index is 0.248. The Balaban J connectivity index is 1.46. The maximum absolute atomic E-state index is 12.9. The lowest BCUT2D eigenvalue weighted by atomic mass is 9.86. The normalized spacial score (nSPS) is 16.6. The van der Waals surface area contributed by atoms with Gasteiger partial charge in [-0.15, -0.1) is 0 Å². The first kappa shape index (κ1) is 39.2. The van der Waals surface area contributed by atoms with Gasteiger partial charge in [-0.25, -0.2) is 0 Å². The number of rotatable bonds is 20. The van der Waals surface area contributed by atoms with Gasteiger partial charge in [-0.05, 0) is 0 Å². The molecule has 12 amide bonds. The Kier molecular flexibility index (Phi) is 13.0. The maximum Gasteiger partial charge on any atom is 0.253 e. The molecule has 0 saturated heterocycles. The summed E-state index contributed by atoms with van der Waals surface area (Å²) in [5.41, 5.74) is -1.40. The number of hydrogen-bond acceptors (Lipinski definition) is 12. The molecule has 0 aromatic rings. The molecule has 53 heavy (non-hydrogen) atoms. The summed E-state index contributed by atoms with van der Waals surface area (Å²) in [5, 5.41) is 10.5. The molecule has 4 rings (SSSR count). The van der Waals surface area contributed by atoms with Gasteiger partial charge in [-0.2, -0.15) is 0 Å². The van der Waals surface area contributed by atoms with Crippen molar-refractivity contribution in [1.82, 2.24) is 40.9 Å². The number of hydrogen-bond donors (Lipinski definition) is 4. The standard InChI is InChI=1S/C33H36N8O12/c42-21(9-13-38-25(46)1-2-26(38)47)34-17-33(18-35-22(43)10-14-39-27(48)3-4-28(39)49,19-36-23(44)11-15-40-29(50)5-6-30(40)51)20-37-24(45)12-16-41-31(52)7-8-32(41)53/h1-8H,9-20H2,(H,34,42)(H,35,43)(H,36,44)(H,37,45). The number of nitrogens with zero attached hydrogens (tertiary/aromatic N) is 4. The first-order chi connectivity index (χ1) is 25.2. The number of imide groups is 4. The largest absolute Gasteiger partial charge is 0.355 e. The van der Waals surface area contributed by atoms with Gasteiger partial charge in [-0.3, -0.25) is 77.1 Å². The second-order valence-electron chi connectivity index (χ2n) is 12.3. The average Bonchev–Trinajstić information content (AvgIpc) is 3.84. The summed E-state index contributed by atoms with van der Waals surface area (Å²) in [5.74, 6) is -7.33. The van der Waals surface area contributed by atoms with E-state index >= 15 is 0 Å². The molecule has 4 aliphatic heterocycles. The van der Waals surface area contributed by atoms with Crippen molar-refractivity contribution in [3.8, 4) is 0 Å². The predicted molar refractivity (Wildman–Crippen MR) is 176 cm³/mol. The highest BCUT2D eigenvalue weighted by atomic mass is 16.2. The van der Waals surface area contributed by atoms with Crippen LogP contribution in [0.4, 0.5) is 0 Å². The zero-order valence-electron chi connectivity index (χ0n) is 28.3. The molecular weight excluding hydrogens is 700 g/mol. The number of amides is 12. The second kappa shape index (κ2) is 17.6. The van der Waals surface area contributed by atoms with Gasteiger partial charge in [0.25, 0.3) is 47.3 Å². The van der Waals surface area contributed by atoms with Gasteiger partial charge in [0.05, 0.1) is 0 Å². The van der Waals surface area contributed by atoms with Gasteiger partial charge < -0.3 is 21.3 Å². The number of nitrogens with one attached hydrogen (secondary N) is 4. The summed E-state index contributed by atoms with van der Waals surface area (Å²) in [6.07, 6.45) is 7.21. The minimum atomic E-state index is -1.40. The predicted octanol–water partition coefficient (Wildman–Crippen LogP) is -4.30. The molecule has 4 heterocycles. The molecule has 0 radical (unpaired) electrons. The zero-order valence-corrected chi connectivity index (χ0v) is 28.3. The van der Waals surface area contributed by atoms with Crippen LogP contribution in [0, 0.1) is 5.41 Å². The molecule has 0 saturated carbocycles. The summed E-state index contributed by atoms with van der Waals surface area (Å²) in [7, 11) is 0. The fourth-order valence-corrected chi connectivity index (χ4v) is 5.33. The summed E-state index contributed by atoms with van der Waals surface area (Å²) < 4.78 is 0. The van der Waals surface area contributed by atoms with Gasteiger partial charge in [0.15, 0.2) is 0 Å². The quantitative estimate of drug-likeness (QED) is 0.0866. The smallest absolute Gasteiger partial charge is 0.253 e. The molecule has 20 heteroatoms. The lowest BCUT2D eigenvalue weighted by Crippen LogP contribution is -2.57. The average molecular weight is 737 g/mol. The van der Waals surface area contributed by atoms with Crippen LogP contribution in [-0.4, -0.2) is 143 Å². The topological polar surface area (TPSA) is 266 Å². The van der Waals surface area contributed by atoms with E-state index in [1.165, 1.54) is 0 Å². The molecule has 20 nitrogen and oxygen atoms in total. The van der Waals surface area contributed by atoms with Gasteiger partial charge in [0.1, 0.15) is 0 Å². The van der Waals surface area contributed by atoms with Crippen LogP contribution in [0.25, 0.3) is 0 Å². The Labute approximate surface area is 301 Å². The van der Waals surface area contributed by atoms with Crippen LogP contribution in [-0.2, 0) is 57.5 Å². The van der Waals surface area contributed by atoms with Crippen molar-refractivity contribution < 1.29 is 57.5 Å². The van der Waals surface area contributed by atoms with Crippen LogP contribution < -0.4 is 21.3 Å². The van der Waals surface area contributed by atoms with Crippen LogP contribution in [0.15, 0.2) is 48.6 Å².